The van der Waals surface area contributed by atoms with E-state index in [-0.39, 0.29) is 5.82 Å². The molecule has 0 radical (unpaired) electrons. The highest BCUT2D eigenvalue weighted by Gasteiger charge is 2.13. The summed E-state index contributed by atoms with van der Waals surface area (Å²) in [6.07, 6.45) is 0. The molecule has 0 fully saturated rings. The zero-order valence-electron chi connectivity index (χ0n) is 11.9. The van der Waals surface area contributed by atoms with Crippen LogP contribution in [0.5, 0.6) is 0 Å². The Balaban J connectivity index is 2.22. The Morgan fingerprint density at radius 3 is 2.43 bits per heavy atom. The highest BCUT2D eigenvalue weighted by Crippen LogP contribution is 2.32. The minimum Gasteiger partial charge on any atom is -0.383 e. The first-order valence-electron chi connectivity index (χ1n) is 6.81. The molecule has 0 spiro atoms. The Hall–Kier alpha value is -2.35. The van der Waals surface area contributed by atoms with E-state index in [2.05, 4.69) is 27.0 Å². The van der Waals surface area contributed by atoms with E-state index in [1.165, 1.54) is 0 Å². The number of rotatable bonds is 2. The van der Waals surface area contributed by atoms with Gasteiger partial charge in [0.15, 0.2) is 0 Å². The molecule has 23 heavy (non-hydrogen) atoms. The number of hydrogen-bond acceptors (Lipinski definition) is 3. The molecule has 0 bridgehead atoms. The summed E-state index contributed by atoms with van der Waals surface area (Å²) in [7, 11) is 0. The zero-order valence-corrected chi connectivity index (χ0v) is 14.3. The summed E-state index contributed by atoms with van der Waals surface area (Å²) in [6.45, 7) is 0. The predicted octanol–water partition coefficient (Wildman–Crippen LogP) is 5.29. The first-order chi connectivity index (χ1) is 11.1. The molecule has 0 atom stereocenters. The van der Waals surface area contributed by atoms with Gasteiger partial charge < -0.3 is 5.73 Å². The normalized spacial score (nSPS) is 10.3. The SMILES string of the molecule is N#Cc1c(-c2ccc(Cl)cc2)cc(-c2cccc(Br)c2)nc1N. The van der Waals surface area contributed by atoms with Crippen molar-refractivity contribution in [2.45, 2.75) is 0 Å². The Labute approximate surface area is 147 Å². The minimum absolute atomic E-state index is 0.218. The first-order valence-corrected chi connectivity index (χ1v) is 7.98. The molecule has 0 aliphatic carbocycles. The Morgan fingerprint density at radius 2 is 1.78 bits per heavy atom. The Kier molecular flexibility index (Phi) is 4.33. The van der Waals surface area contributed by atoms with Gasteiger partial charge in [-0.1, -0.05) is 51.8 Å². The summed E-state index contributed by atoms with van der Waals surface area (Å²) < 4.78 is 0.952. The van der Waals surface area contributed by atoms with Crippen LogP contribution in [0.15, 0.2) is 59.1 Å². The number of halogens is 2. The van der Waals surface area contributed by atoms with Crippen LogP contribution in [0.1, 0.15) is 5.56 Å². The maximum atomic E-state index is 9.42. The van der Waals surface area contributed by atoms with Gasteiger partial charge in [0.2, 0.25) is 0 Å². The fraction of sp³-hybridized carbons (Fsp3) is 0. The molecule has 112 valence electrons. The van der Waals surface area contributed by atoms with Gasteiger partial charge in [0.25, 0.3) is 0 Å². The smallest absolute Gasteiger partial charge is 0.142 e. The van der Waals surface area contributed by atoms with Gasteiger partial charge in [0.05, 0.1) is 5.69 Å². The Bertz CT molecular complexity index is 915. The van der Waals surface area contributed by atoms with Gasteiger partial charge in [-0.3, -0.25) is 0 Å². The third-order valence-electron chi connectivity index (χ3n) is 3.43. The largest absolute Gasteiger partial charge is 0.383 e. The van der Waals surface area contributed by atoms with Crippen LogP contribution in [-0.4, -0.2) is 4.98 Å². The molecule has 2 aromatic carbocycles. The number of pyridine rings is 1. The van der Waals surface area contributed by atoms with Crippen molar-refractivity contribution >= 4 is 33.3 Å². The first kappa shape index (κ1) is 15.5. The van der Waals surface area contributed by atoms with Crippen molar-refractivity contribution in [2.24, 2.45) is 0 Å². The third-order valence-corrected chi connectivity index (χ3v) is 4.18. The van der Waals surface area contributed by atoms with E-state index in [1.54, 1.807) is 12.1 Å². The Morgan fingerprint density at radius 1 is 1.04 bits per heavy atom. The van der Waals surface area contributed by atoms with Crippen molar-refractivity contribution in [2.75, 3.05) is 5.73 Å². The number of nitrogens with zero attached hydrogens (tertiary/aromatic N) is 2. The van der Waals surface area contributed by atoms with Crippen molar-refractivity contribution in [1.82, 2.24) is 4.98 Å². The standard InChI is InChI=1S/C18H11BrClN3/c19-13-3-1-2-12(8-13)17-9-15(16(10-21)18(22)23-17)11-4-6-14(20)7-5-11/h1-9H,(H2,22,23). The molecule has 0 aliphatic rings. The average molecular weight is 385 g/mol. The monoisotopic (exact) mass is 383 g/mol. The van der Waals surface area contributed by atoms with Gasteiger partial charge >= 0.3 is 0 Å². The van der Waals surface area contributed by atoms with Crippen molar-refractivity contribution in [1.29, 1.82) is 5.26 Å². The number of benzene rings is 2. The molecule has 1 aromatic heterocycles. The van der Waals surface area contributed by atoms with Gasteiger partial charge in [0.1, 0.15) is 17.5 Å². The molecule has 0 unspecified atom stereocenters. The van der Waals surface area contributed by atoms with Crippen molar-refractivity contribution in [3.63, 3.8) is 0 Å². The molecule has 0 amide bonds. The van der Waals surface area contributed by atoms with Crippen LogP contribution in [-0.2, 0) is 0 Å². The molecule has 0 aliphatic heterocycles. The van der Waals surface area contributed by atoms with Crippen LogP contribution in [0.25, 0.3) is 22.4 Å². The quantitative estimate of drug-likeness (QED) is 0.653. The maximum Gasteiger partial charge on any atom is 0.142 e. The highest BCUT2D eigenvalue weighted by atomic mass is 79.9. The molecule has 1 heterocycles. The number of nitriles is 1. The zero-order chi connectivity index (χ0) is 16.4. The van der Waals surface area contributed by atoms with Gasteiger partial charge in [0, 0.05) is 20.6 Å². The predicted molar refractivity (Wildman–Crippen MR) is 96.9 cm³/mol. The van der Waals surface area contributed by atoms with E-state index in [4.69, 9.17) is 17.3 Å². The molecule has 3 rings (SSSR count). The highest BCUT2D eigenvalue weighted by molar-refractivity contribution is 9.10. The molecule has 3 nitrogen and oxygen atoms in total. The second-order valence-corrected chi connectivity index (χ2v) is 6.30. The van der Waals surface area contributed by atoms with E-state index < -0.39 is 0 Å². The van der Waals surface area contributed by atoms with Gasteiger partial charge in [-0.25, -0.2) is 4.98 Å². The number of nitrogens with two attached hydrogens (primary N) is 1. The fourth-order valence-electron chi connectivity index (χ4n) is 2.34. The lowest BCUT2D eigenvalue weighted by atomic mass is 9.98. The molecular weight excluding hydrogens is 374 g/mol. The van der Waals surface area contributed by atoms with Crippen LogP contribution in [0.2, 0.25) is 5.02 Å². The summed E-state index contributed by atoms with van der Waals surface area (Å²) >= 11 is 9.39. The van der Waals surface area contributed by atoms with E-state index in [1.807, 2.05) is 42.5 Å². The summed E-state index contributed by atoms with van der Waals surface area (Å²) in [6, 6.07) is 19.1. The lowest BCUT2D eigenvalue weighted by Crippen LogP contribution is -1.99. The summed E-state index contributed by atoms with van der Waals surface area (Å²) in [5.41, 5.74) is 9.62. The second kappa shape index (κ2) is 6.41. The van der Waals surface area contributed by atoms with E-state index >= 15 is 0 Å². The third kappa shape index (κ3) is 3.21. The molecule has 0 saturated heterocycles. The van der Waals surface area contributed by atoms with Crippen LogP contribution in [0.3, 0.4) is 0 Å². The number of anilines is 1. The summed E-state index contributed by atoms with van der Waals surface area (Å²) in [5, 5.41) is 10.1. The van der Waals surface area contributed by atoms with E-state index in [0.717, 1.165) is 21.2 Å². The van der Waals surface area contributed by atoms with Crippen LogP contribution < -0.4 is 5.73 Å². The lowest BCUT2D eigenvalue weighted by molar-refractivity contribution is 1.31. The number of hydrogen-bond donors (Lipinski definition) is 1. The lowest BCUT2D eigenvalue weighted by Gasteiger charge is -2.10. The van der Waals surface area contributed by atoms with Gasteiger partial charge in [-0.15, -0.1) is 0 Å². The topological polar surface area (TPSA) is 62.7 Å². The van der Waals surface area contributed by atoms with Gasteiger partial charge in [-0.2, -0.15) is 5.26 Å². The van der Waals surface area contributed by atoms with Crippen molar-refractivity contribution < 1.29 is 0 Å². The average Bonchev–Trinajstić information content (AvgIpc) is 2.55. The summed E-state index contributed by atoms with van der Waals surface area (Å²) in [4.78, 5) is 4.37. The molecule has 0 saturated carbocycles. The van der Waals surface area contributed by atoms with E-state index in [0.29, 0.717) is 16.3 Å². The minimum atomic E-state index is 0.218. The van der Waals surface area contributed by atoms with Crippen molar-refractivity contribution in [3.05, 3.63) is 69.7 Å². The van der Waals surface area contributed by atoms with Crippen LogP contribution >= 0.6 is 27.5 Å². The molecule has 5 heteroatoms. The maximum absolute atomic E-state index is 9.42. The van der Waals surface area contributed by atoms with Gasteiger partial charge in [-0.05, 0) is 35.9 Å². The number of aromatic nitrogens is 1. The number of nitrogen functional groups attached to an aromatic ring is 1. The fourth-order valence-corrected chi connectivity index (χ4v) is 2.86. The van der Waals surface area contributed by atoms with E-state index in [9.17, 15) is 5.26 Å². The van der Waals surface area contributed by atoms with Crippen molar-refractivity contribution in [3.8, 4) is 28.5 Å². The van der Waals surface area contributed by atoms with Crippen LogP contribution in [0.4, 0.5) is 5.82 Å². The molecule has 3 aromatic rings. The summed E-state index contributed by atoms with van der Waals surface area (Å²) in [5.74, 6) is 0.218. The van der Waals surface area contributed by atoms with Crippen LogP contribution in [0, 0.1) is 11.3 Å². The molecule has 2 N–H and O–H groups in total. The second-order valence-electron chi connectivity index (χ2n) is 4.94. The molecular formula is C18H11BrClN3.